The molecule has 0 aromatic carbocycles. The van der Waals surface area contributed by atoms with Crippen LogP contribution in [0.5, 0.6) is 0 Å². The quantitative estimate of drug-likeness (QED) is 0.746. The molecular formula is C9H11BrN6. The van der Waals surface area contributed by atoms with Gasteiger partial charge in [0, 0.05) is 18.5 Å². The highest BCUT2D eigenvalue weighted by molar-refractivity contribution is 9.10. The van der Waals surface area contributed by atoms with Gasteiger partial charge in [0.05, 0.1) is 6.04 Å². The molecule has 2 aromatic rings. The molecule has 0 fully saturated rings. The lowest BCUT2D eigenvalue weighted by Gasteiger charge is -2.11. The average Bonchev–Trinajstić information content (AvgIpc) is 2.68. The predicted octanol–water partition coefficient (Wildman–Crippen LogP) is 1.72. The minimum atomic E-state index is -0.0105. The van der Waals surface area contributed by atoms with Crippen LogP contribution in [0.3, 0.4) is 0 Å². The van der Waals surface area contributed by atoms with Crippen LogP contribution in [0.25, 0.3) is 0 Å². The van der Waals surface area contributed by atoms with Crippen LogP contribution in [-0.2, 0) is 0 Å². The molecule has 0 saturated heterocycles. The van der Waals surface area contributed by atoms with Crippen LogP contribution in [0.15, 0.2) is 23.1 Å². The largest absolute Gasteiger partial charge is 0.383 e. The standard InChI is InChI=1S/C9H11BrN6/c1-5(8-12-2-3-13-8)14-9-15-6(10)4-7(11)16-9/h2-5H,1H3,(H,12,13)(H3,11,14,15,16). The third kappa shape index (κ3) is 2.48. The molecule has 0 bridgehead atoms. The molecule has 1 unspecified atom stereocenters. The van der Waals surface area contributed by atoms with Gasteiger partial charge in [0.25, 0.3) is 0 Å². The molecule has 0 amide bonds. The van der Waals surface area contributed by atoms with Crippen LogP contribution < -0.4 is 11.1 Å². The second-order valence-corrected chi connectivity index (χ2v) is 4.09. The van der Waals surface area contributed by atoms with Gasteiger partial charge in [-0.05, 0) is 22.9 Å². The maximum Gasteiger partial charge on any atom is 0.226 e. The minimum absolute atomic E-state index is 0.0105. The third-order valence-corrected chi connectivity index (χ3v) is 2.40. The Labute approximate surface area is 101 Å². The van der Waals surface area contributed by atoms with Crippen molar-refractivity contribution in [3.63, 3.8) is 0 Å². The first-order chi connectivity index (χ1) is 7.65. The lowest BCUT2D eigenvalue weighted by molar-refractivity contribution is 0.795. The number of halogens is 1. The van der Waals surface area contributed by atoms with Crippen molar-refractivity contribution < 1.29 is 0 Å². The zero-order chi connectivity index (χ0) is 11.5. The van der Waals surface area contributed by atoms with Crippen LogP contribution in [0.4, 0.5) is 11.8 Å². The number of hydrogen-bond donors (Lipinski definition) is 3. The number of nitrogens with two attached hydrogens (primary N) is 1. The lowest BCUT2D eigenvalue weighted by atomic mass is 10.3. The summed E-state index contributed by atoms with van der Waals surface area (Å²) in [5, 5.41) is 3.10. The molecular weight excluding hydrogens is 272 g/mol. The number of anilines is 2. The number of imidazole rings is 1. The summed E-state index contributed by atoms with van der Waals surface area (Å²) < 4.78 is 0.647. The molecule has 0 aliphatic heterocycles. The zero-order valence-corrected chi connectivity index (χ0v) is 10.2. The maximum absolute atomic E-state index is 5.61. The van der Waals surface area contributed by atoms with E-state index >= 15 is 0 Å². The summed E-state index contributed by atoms with van der Waals surface area (Å²) in [6.45, 7) is 1.96. The van der Waals surface area contributed by atoms with Gasteiger partial charge < -0.3 is 16.0 Å². The van der Waals surface area contributed by atoms with E-state index in [1.807, 2.05) is 6.92 Å². The summed E-state index contributed by atoms with van der Waals surface area (Å²) in [4.78, 5) is 15.4. The molecule has 1 atom stereocenters. The Balaban J connectivity index is 2.15. The highest BCUT2D eigenvalue weighted by Gasteiger charge is 2.09. The molecule has 6 nitrogen and oxygen atoms in total. The molecule has 2 heterocycles. The van der Waals surface area contributed by atoms with E-state index in [1.54, 1.807) is 18.5 Å². The van der Waals surface area contributed by atoms with E-state index in [4.69, 9.17) is 5.73 Å². The Morgan fingerprint density at radius 2 is 2.31 bits per heavy atom. The number of aromatic nitrogens is 4. The van der Waals surface area contributed by atoms with Gasteiger partial charge in [0.2, 0.25) is 5.95 Å². The van der Waals surface area contributed by atoms with Crippen molar-refractivity contribution in [2.24, 2.45) is 0 Å². The van der Waals surface area contributed by atoms with Crippen LogP contribution in [0, 0.1) is 0 Å². The number of rotatable bonds is 3. The van der Waals surface area contributed by atoms with E-state index in [0.29, 0.717) is 16.4 Å². The molecule has 84 valence electrons. The lowest BCUT2D eigenvalue weighted by Crippen LogP contribution is -2.11. The van der Waals surface area contributed by atoms with E-state index < -0.39 is 0 Å². The van der Waals surface area contributed by atoms with Crippen LogP contribution in [0.1, 0.15) is 18.8 Å². The Kier molecular flexibility index (Phi) is 3.04. The smallest absolute Gasteiger partial charge is 0.226 e. The molecule has 0 radical (unpaired) electrons. The van der Waals surface area contributed by atoms with Crippen molar-refractivity contribution in [3.8, 4) is 0 Å². The second kappa shape index (κ2) is 4.48. The van der Waals surface area contributed by atoms with Gasteiger partial charge in [0.1, 0.15) is 16.2 Å². The fraction of sp³-hybridized carbons (Fsp3) is 0.222. The Morgan fingerprint density at radius 1 is 1.50 bits per heavy atom. The van der Waals surface area contributed by atoms with Gasteiger partial charge in [0.15, 0.2) is 0 Å². The highest BCUT2D eigenvalue weighted by Crippen LogP contribution is 2.16. The number of nitrogen functional groups attached to an aromatic ring is 1. The summed E-state index contributed by atoms with van der Waals surface area (Å²) in [6, 6.07) is 1.63. The fourth-order valence-corrected chi connectivity index (χ4v) is 1.68. The van der Waals surface area contributed by atoms with Crippen molar-refractivity contribution in [3.05, 3.63) is 28.9 Å². The molecule has 16 heavy (non-hydrogen) atoms. The van der Waals surface area contributed by atoms with Gasteiger partial charge >= 0.3 is 0 Å². The summed E-state index contributed by atoms with van der Waals surface area (Å²) in [7, 11) is 0. The second-order valence-electron chi connectivity index (χ2n) is 3.28. The number of nitrogens with one attached hydrogen (secondary N) is 2. The summed E-state index contributed by atoms with van der Waals surface area (Å²) in [5.74, 6) is 1.70. The zero-order valence-electron chi connectivity index (χ0n) is 8.61. The molecule has 4 N–H and O–H groups in total. The first-order valence-corrected chi connectivity index (χ1v) is 5.50. The molecule has 0 spiro atoms. The number of H-pyrrole nitrogens is 1. The van der Waals surface area contributed by atoms with Crippen molar-refractivity contribution in [2.75, 3.05) is 11.1 Å². The van der Waals surface area contributed by atoms with E-state index in [-0.39, 0.29) is 6.04 Å². The first-order valence-electron chi connectivity index (χ1n) is 4.71. The maximum atomic E-state index is 5.61. The van der Waals surface area contributed by atoms with Crippen molar-refractivity contribution in [1.82, 2.24) is 19.9 Å². The third-order valence-electron chi connectivity index (χ3n) is 1.99. The monoisotopic (exact) mass is 282 g/mol. The normalized spacial score (nSPS) is 12.4. The van der Waals surface area contributed by atoms with Gasteiger partial charge in [-0.25, -0.2) is 9.97 Å². The van der Waals surface area contributed by atoms with E-state index in [2.05, 4.69) is 41.2 Å². The molecule has 2 rings (SSSR count). The molecule has 0 aliphatic carbocycles. The fourth-order valence-electron chi connectivity index (χ4n) is 1.28. The van der Waals surface area contributed by atoms with Crippen LogP contribution in [-0.4, -0.2) is 19.9 Å². The SMILES string of the molecule is CC(Nc1nc(N)cc(Br)n1)c1ncc[nH]1. The van der Waals surface area contributed by atoms with Crippen LogP contribution in [0.2, 0.25) is 0 Å². The highest BCUT2D eigenvalue weighted by atomic mass is 79.9. The van der Waals surface area contributed by atoms with E-state index in [9.17, 15) is 0 Å². The molecule has 0 saturated carbocycles. The summed E-state index contributed by atoms with van der Waals surface area (Å²) >= 11 is 3.26. The van der Waals surface area contributed by atoms with Gasteiger partial charge in [-0.2, -0.15) is 4.98 Å². The van der Waals surface area contributed by atoms with Crippen molar-refractivity contribution in [2.45, 2.75) is 13.0 Å². The number of hydrogen-bond acceptors (Lipinski definition) is 5. The first kappa shape index (κ1) is 10.9. The van der Waals surface area contributed by atoms with Gasteiger partial charge in [-0.15, -0.1) is 0 Å². The predicted molar refractivity (Wildman–Crippen MR) is 64.8 cm³/mol. The number of nitrogens with zero attached hydrogens (tertiary/aromatic N) is 3. The van der Waals surface area contributed by atoms with E-state index in [0.717, 1.165) is 5.82 Å². The van der Waals surface area contributed by atoms with Crippen LogP contribution >= 0.6 is 15.9 Å². The average molecular weight is 283 g/mol. The van der Waals surface area contributed by atoms with E-state index in [1.165, 1.54) is 0 Å². The molecule has 7 heteroatoms. The molecule has 2 aromatic heterocycles. The minimum Gasteiger partial charge on any atom is -0.383 e. The Bertz CT molecular complexity index is 449. The molecule has 0 aliphatic rings. The van der Waals surface area contributed by atoms with Gasteiger partial charge in [-0.3, -0.25) is 0 Å². The van der Waals surface area contributed by atoms with Gasteiger partial charge in [-0.1, -0.05) is 0 Å². The number of aromatic amines is 1. The summed E-state index contributed by atoms with van der Waals surface area (Å²) in [5.41, 5.74) is 5.61. The summed E-state index contributed by atoms with van der Waals surface area (Å²) in [6.07, 6.45) is 3.47. The Morgan fingerprint density at radius 3 is 2.94 bits per heavy atom. The Hall–Kier alpha value is -1.63. The topological polar surface area (TPSA) is 92.5 Å². The van der Waals surface area contributed by atoms with Crippen molar-refractivity contribution in [1.29, 1.82) is 0 Å². The van der Waals surface area contributed by atoms with Crippen molar-refractivity contribution >= 4 is 27.7 Å².